The van der Waals surface area contributed by atoms with Gasteiger partial charge in [0.25, 0.3) is 0 Å². The van der Waals surface area contributed by atoms with Gasteiger partial charge in [-0.3, -0.25) is 4.98 Å². The van der Waals surface area contributed by atoms with Crippen LogP contribution >= 0.6 is 0 Å². The summed E-state index contributed by atoms with van der Waals surface area (Å²) < 4.78 is 0. The summed E-state index contributed by atoms with van der Waals surface area (Å²) in [7, 11) is 1.97. The summed E-state index contributed by atoms with van der Waals surface area (Å²) in [4.78, 5) is 4.04. The Balaban J connectivity index is 2.17. The van der Waals surface area contributed by atoms with Gasteiger partial charge in [-0.1, -0.05) is 18.2 Å². The quantitative estimate of drug-likeness (QED) is 0.867. The van der Waals surface area contributed by atoms with Gasteiger partial charge in [-0.15, -0.1) is 0 Å². The lowest BCUT2D eigenvalue weighted by atomic mass is 9.99. The molecule has 0 atom stereocenters. The molecule has 88 valence electrons. The molecule has 1 aromatic carbocycles. The standard InChI is InChI=1S/C15H18N2/c1-12-9-14(11-16-2)3-4-15(12)10-13-5-7-17-8-6-13/h3-9,16H,10-11H2,1-2H3. The normalized spacial score (nSPS) is 10.5. The molecule has 0 saturated carbocycles. The Hall–Kier alpha value is -1.67. The van der Waals surface area contributed by atoms with E-state index in [1.54, 1.807) is 0 Å². The van der Waals surface area contributed by atoms with Crippen molar-refractivity contribution in [1.82, 2.24) is 10.3 Å². The molecule has 0 unspecified atom stereocenters. The fourth-order valence-electron chi connectivity index (χ4n) is 1.99. The first-order valence-corrected chi connectivity index (χ1v) is 5.91. The monoisotopic (exact) mass is 226 g/mol. The van der Waals surface area contributed by atoms with Crippen molar-refractivity contribution in [2.24, 2.45) is 0 Å². The van der Waals surface area contributed by atoms with E-state index in [2.05, 4.69) is 47.6 Å². The Morgan fingerprint density at radius 3 is 2.47 bits per heavy atom. The number of nitrogens with zero attached hydrogens (tertiary/aromatic N) is 1. The van der Waals surface area contributed by atoms with E-state index in [9.17, 15) is 0 Å². The molecule has 0 radical (unpaired) electrons. The van der Waals surface area contributed by atoms with Gasteiger partial charge in [-0.05, 0) is 54.8 Å². The number of rotatable bonds is 4. The van der Waals surface area contributed by atoms with Gasteiger partial charge in [0.1, 0.15) is 0 Å². The lowest BCUT2D eigenvalue weighted by Crippen LogP contribution is -2.05. The third-order valence-electron chi connectivity index (χ3n) is 2.93. The Morgan fingerprint density at radius 1 is 1.06 bits per heavy atom. The molecular formula is C15H18N2. The summed E-state index contributed by atoms with van der Waals surface area (Å²) in [5.74, 6) is 0. The van der Waals surface area contributed by atoms with Crippen LogP contribution in [0.1, 0.15) is 22.3 Å². The Bertz CT molecular complexity index is 478. The lowest BCUT2D eigenvalue weighted by Gasteiger charge is -2.08. The van der Waals surface area contributed by atoms with Crippen molar-refractivity contribution in [2.45, 2.75) is 19.9 Å². The van der Waals surface area contributed by atoms with Crippen LogP contribution in [0.4, 0.5) is 0 Å². The van der Waals surface area contributed by atoms with Crippen LogP contribution in [0.2, 0.25) is 0 Å². The predicted molar refractivity (Wildman–Crippen MR) is 71.0 cm³/mol. The first kappa shape index (κ1) is 11.8. The minimum Gasteiger partial charge on any atom is -0.316 e. The van der Waals surface area contributed by atoms with Gasteiger partial charge in [0, 0.05) is 18.9 Å². The maximum Gasteiger partial charge on any atom is 0.0270 e. The highest BCUT2D eigenvalue weighted by molar-refractivity contribution is 5.34. The highest BCUT2D eigenvalue weighted by Crippen LogP contribution is 2.15. The predicted octanol–water partition coefficient (Wildman–Crippen LogP) is 2.70. The molecule has 2 aromatic rings. The van der Waals surface area contributed by atoms with Crippen LogP contribution in [-0.2, 0) is 13.0 Å². The van der Waals surface area contributed by atoms with Crippen molar-refractivity contribution in [3.63, 3.8) is 0 Å². The first-order chi connectivity index (χ1) is 8.29. The Kier molecular flexibility index (Phi) is 3.89. The molecule has 2 nitrogen and oxygen atoms in total. The van der Waals surface area contributed by atoms with Crippen LogP contribution in [-0.4, -0.2) is 12.0 Å². The number of aryl methyl sites for hydroxylation is 1. The van der Waals surface area contributed by atoms with Crippen LogP contribution in [0.15, 0.2) is 42.7 Å². The summed E-state index contributed by atoms with van der Waals surface area (Å²) in [6.07, 6.45) is 4.67. The molecule has 0 aliphatic rings. The summed E-state index contributed by atoms with van der Waals surface area (Å²) in [5, 5.41) is 3.17. The molecule has 0 fully saturated rings. The van der Waals surface area contributed by atoms with E-state index in [4.69, 9.17) is 0 Å². The highest BCUT2D eigenvalue weighted by atomic mass is 14.8. The minimum absolute atomic E-state index is 0.927. The van der Waals surface area contributed by atoms with Crippen LogP contribution < -0.4 is 5.32 Å². The third kappa shape index (κ3) is 3.14. The van der Waals surface area contributed by atoms with Crippen molar-refractivity contribution < 1.29 is 0 Å². The second-order valence-electron chi connectivity index (χ2n) is 4.32. The molecule has 17 heavy (non-hydrogen) atoms. The molecule has 0 amide bonds. The molecule has 1 aromatic heterocycles. The molecule has 0 aliphatic carbocycles. The van der Waals surface area contributed by atoms with E-state index in [-0.39, 0.29) is 0 Å². The first-order valence-electron chi connectivity index (χ1n) is 5.91. The maximum atomic E-state index is 4.04. The van der Waals surface area contributed by atoms with Crippen molar-refractivity contribution in [1.29, 1.82) is 0 Å². The lowest BCUT2D eigenvalue weighted by molar-refractivity contribution is 0.816. The van der Waals surface area contributed by atoms with Gasteiger partial charge in [0.15, 0.2) is 0 Å². The van der Waals surface area contributed by atoms with Gasteiger partial charge >= 0.3 is 0 Å². The minimum atomic E-state index is 0.927. The molecule has 1 heterocycles. The smallest absolute Gasteiger partial charge is 0.0270 e. The van der Waals surface area contributed by atoms with E-state index < -0.39 is 0 Å². The van der Waals surface area contributed by atoms with E-state index in [1.165, 1.54) is 22.3 Å². The van der Waals surface area contributed by atoms with Crippen LogP contribution in [0, 0.1) is 6.92 Å². The number of pyridine rings is 1. The average molecular weight is 226 g/mol. The maximum absolute atomic E-state index is 4.04. The fourth-order valence-corrected chi connectivity index (χ4v) is 1.99. The van der Waals surface area contributed by atoms with Gasteiger partial charge in [0.2, 0.25) is 0 Å². The zero-order valence-corrected chi connectivity index (χ0v) is 10.4. The molecule has 0 bridgehead atoms. The summed E-state index contributed by atoms with van der Waals surface area (Å²) in [6, 6.07) is 10.8. The molecule has 0 aliphatic heterocycles. The largest absolute Gasteiger partial charge is 0.316 e. The van der Waals surface area contributed by atoms with Gasteiger partial charge in [0.05, 0.1) is 0 Å². The van der Waals surface area contributed by atoms with Crippen molar-refractivity contribution >= 4 is 0 Å². The zero-order chi connectivity index (χ0) is 12.1. The molecule has 2 rings (SSSR count). The molecular weight excluding hydrogens is 208 g/mol. The average Bonchev–Trinajstić information content (AvgIpc) is 2.34. The molecule has 0 spiro atoms. The van der Waals surface area contributed by atoms with E-state index in [1.807, 2.05) is 19.4 Å². The van der Waals surface area contributed by atoms with Crippen molar-refractivity contribution in [3.8, 4) is 0 Å². The fraction of sp³-hybridized carbons (Fsp3) is 0.267. The van der Waals surface area contributed by atoms with E-state index >= 15 is 0 Å². The van der Waals surface area contributed by atoms with Crippen molar-refractivity contribution in [3.05, 3.63) is 65.0 Å². The SMILES string of the molecule is CNCc1ccc(Cc2ccncc2)c(C)c1. The van der Waals surface area contributed by atoms with Gasteiger partial charge < -0.3 is 5.32 Å². The van der Waals surface area contributed by atoms with Gasteiger partial charge in [-0.2, -0.15) is 0 Å². The van der Waals surface area contributed by atoms with Gasteiger partial charge in [-0.25, -0.2) is 0 Å². The van der Waals surface area contributed by atoms with E-state index in [0.717, 1.165) is 13.0 Å². The molecule has 1 N–H and O–H groups in total. The number of nitrogens with one attached hydrogen (secondary N) is 1. The van der Waals surface area contributed by atoms with Crippen LogP contribution in [0.25, 0.3) is 0 Å². The Morgan fingerprint density at radius 2 is 1.82 bits per heavy atom. The van der Waals surface area contributed by atoms with Crippen LogP contribution in [0.5, 0.6) is 0 Å². The third-order valence-corrected chi connectivity index (χ3v) is 2.93. The molecule has 2 heteroatoms. The number of hydrogen-bond acceptors (Lipinski definition) is 2. The summed E-state index contributed by atoms with van der Waals surface area (Å²) in [5.41, 5.74) is 5.39. The van der Waals surface area contributed by atoms with Crippen molar-refractivity contribution in [2.75, 3.05) is 7.05 Å². The second kappa shape index (κ2) is 5.60. The topological polar surface area (TPSA) is 24.9 Å². The Labute approximate surface area is 103 Å². The second-order valence-corrected chi connectivity index (χ2v) is 4.32. The highest BCUT2D eigenvalue weighted by Gasteiger charge is 2.01. The number of aromatic nitrogens is 1. The zero-order valence-electron chi connectivity index (χ0n) is 10.4. The van der Waals surface area contributed by atoms with E-state index in [0.29, 0.717) is 0 Å². The molecule has 0 saturated heterocycles. The summed E-state index contributed by atoms with van der Waals surface area (Å²) in [6.45, 7) is 3.10. The van der Waals surface area contributed by atoms with Crippen LogP contribution in [0.3, 0.4) is 0 Å². The summed E-state index contributed by atoms with van der Waals surface area (Å²) >= 11 is 0. The number of benzene rings is 1. The number of hydrogen-bond donors (Lipinski definition) is 1.